The molecule has 2 aromatic carbocycles. The van der Waals surface area contributed by atoms with E-state index in [9.17, 15) is 10.2 Å². The first-order chi connectivity index (χ1) is 9.69. The molecule has 0 saturated carbocycles. The van der Waals surface area contributed by atoms with E-state index in [1.165, 1.54) is 11.6 Å². The Balaban J connectivity index is 1.95. The van der Waals surface area contributed by atoms with E-state index >= 15 is 0 Å². The molecule has 0 radical (unpaired) electrons. The second-order valence-corrected chi connectivity index (χ2v) is 4.79. The van der Waals surface area contributed by atoms with E-state index in [4.69, 9.17) is 4.74 Å². The summed E-state index contributed by atoms with van der Waals surface area (Å²) in [6.07, 6.45) is 1.52. The molecule has 20 heavy (non-hydrogen) atoms. The van der Waals surface area contributed by atoms with Crippen molar-refractivity contribution in [3.05, 3.63) is 59.7 Å². The standard InChI is InChI=1S/C17H20O3/c1-2-17(14-10-15(18)12-16(19)11-14)20-9-8-13-6-4-3-5-7-13/h3-7,10-12,17-19H,2,8-9H2,1H3. The van der Waals surface area contributed by atoms with Crippen molar-refractivity contribution in [1.29, 1.82) is 0 Å². The van der Waals surface area contributed by atoms with Gasteiger partial charge in [-0.05, 0) is 36.1 Å². The highest BCUT2D eigenvalue weighted by Crippen LogP contribution is 2.28. The molecule has 0 heterocycles. The minimum Gasteiger partial charge on any atom is -0.508 e. The number of aromatic hydroxyl groups is 2. The van der Waals surface area contributed by atoms with Crippen molar-refractivity contribution < 1.29 is 14.9 Å². The maximum atomic E-state index is 9.53. The molecule has 2 rings (SSSR count). The van der Waals surface area contributed by atoms with E-state index in [0.717, 1.165) is 18.4 Å². The summed E-state index contributed by atoms with van der Waals surface area (Å²) in [5.74, 6) is 0.121. The topological polar surface area (TPSA) is 49.7 Å². The lowest BCUT2D eigenvalue weighted by atomic mass is 10.1. The van der Waals surface area contributed by atoms with Gasteiger partial charge in [-0.15, -0.1) is 0 Å². The van der Waals surface area contributed by atoms with E-state index in [1.807, 2.05) is 25.1 Å². The van der Waals surface area contributed by atoms with Gasteiger partial charge in [-0.3, -0.25) is 0 Å². The molecule has 2 N–H and O–H groups in total. The van der Waals surface area contributed by atoms with Crippen molar-refractivity contribution in [2.45, 2.75) is 25.9 Å². The largest absolute Gasteiger partial charge is 0.508 e. The van der Waals surface area contributed by atoms with Gasteiger partial charge in [0, 0.05) is 6.07 Å². The van der Waals surface area contributed by atoms with Gasteiger partial charge in [0.15, 0.2) is 0 Å². The Labute approximate surface area is 119 Å². The van der Waals surface area contributed by atoms with Crippen molar-refractivity contribution in [1.82, 2.24) is 0 Å². The highest BCUT2D eigenvalue weighted by atomic mass is 16.5. The van der Waals surface area contributed by atoms with Crippen molar-refractivity contribution in [3.63, 3.8) is 0 Å². The first-order valence-electron chi connectivity index (χ1n) is 6.87. The van der Waals surface area contributed by atoms with E-state index < -0.39 is 0 Å². The van der Waals surface area contributed by atoms with Crippen LogP contribution in [0.3, 0.4) is 0 Å². The Morgan fingerprint density at radius 2 is 1.65 bits per heavy atom. The van der Waals surface area contributed by atoms with Crippen LogP contribution in [0.25, 0.3) is 0 Å². The summed E-state index contributed by atoms with van der Waals surface area (Å²) in [5.41, 5.74) is 2.04. The van der Waals surface area contributed by atoms with Gasteiger partial charge in [-0.25, -0.2) is 0 Å². The molecule has 0 amide bonds. The Bertz CT molecular complexity index is 517. The third-order valence-corrected chi connectivity index (χ3v) is 3.22. The number of rotatable bonds is 6. The van der Waals surface area contributed by atoms with Crippen molar-refractivity contribution >= 4 is 0 Å². The first kappa shape index (κ1) is 14.4. The maximum absolute atomic E-state index is 9.53. The molecule has 0 aliphatic carbocycles. The number of phenolic OH excluding ortho intramolecular Hbond substituents is 2. The number of ether oxygens (including phenoxy) is 1. The summed E-state index contributed by atoms with van der Waals surface area (Å²) in [7, 11) is 0. The maximum Gasteiger partial charge on any atom is 0.119 e. The van der Waals surface area contributed by atoms with Gasteiger partial charge in [0.1, 0.15) is 11.5 Å². The van der Waals surface area contributed by atoms with Crippen LogP contribution in [0.15, 0.2) is 48.5 Å². The number of benzene rings is 2. The fourth-order valence-electron chi connectivity index (χ4n) is 2.22. The van der Waals surface area contributed by atoms with Crippen LogP contribution in [0.5, 0.6) is 11.5 Å². The normalized spacial score (nSPS) is 12.2. The Morgan fingerprint density at radius 1 is 1.00 bits per heavy atom. The fourth-order valence-corrected chi connectivity index (χ4v) is 2.22. The second-order valence-electron chi connectivity index (χ2n) is 4.79. The molecular weight excluding hydrogens is 252 g/mol. The summed E-state index contributed by atoms with van der Waals surface area (Å²) < 4.78 is 5.87. The molecule has 3 nitrogen and oxygen atoms in total. The SMILES string of the molecule is CCC(OCCc1ccccc1)c1cc(O)cc(O)c1. The van der Waals surface area contributed by atoms with E-state index in [-0.39, 0.29) is 17.6 Å². The average Bonchev–Trinajstić information content (AvgIpc) is 2.43. The van der Waals surface area contributed by atoms with E-state index in [2.05, 4.69) is 12.1 Å². The lowest BCUT2D eigenvalue weighted by Gasteiger charge is -2.17. The molecule has 2 aromatic rings. The zero-order valence-corrected chi connectivity index (χ0v) is 11.6. The Kier molecular flexibility index (Phi) is 5.02. The van der Waals surface area contributed by atoms with Gasteiger partial charge < -0.3 is 14.9 Å². The third-order valence-electron chi connectivity index (χ3n) is 3.22. The Morgan fingerprint density at radius 3 is 2.25 bits per heavy atom. The Hall–Kier alpha value is -2.00. The van der Waals surface area contributed by atoms with Crippen LogP contribution in [0.2, 0.25) is 0 Å². The van der Waals surface area contributed by atoms with Gasteiger partial charge in [0.25, 0.3) is 0 Å². The molecule has 0 aliphatic rings. The molecule has 1 atom stereocenters. The number of hydrogen-bond donors (Lipinski definition) is 2. The molecule has 0 aliphatic heterocycles. The summed E-state index contributed by atoms with van der Waals surface area (Å²) >= 11 is 0. The highest BCUT2D eigenvalue weighted by molar-refractivity contribution is 5.37. The van der Waals surface area contributed by atoms with Crippen LogP contribution in [-0.2, 0) is 11.2 Å². The van der Waals surface area contributed by atoms with E-state index in [1.54, 1.807) is 12.1 Å². The summed E-state index contributed by atoms with van der Waals surface area (Å²) in [4.78, 5) is 0. The van der Waals surface area contributed by atoms with Gasteiger partial charge >= 0.3 is 0 Å². The predicted molar refractivity (Wildman–Crippen MR) is 78.9 cm³/mol. The van der Waals surface area contributed by atoms with Gasteiger partial charge in [-0.2, -0.15) is 0 Å². The average molecular weight is 272 g/mol. The predicted octanol–water partition coefficient (Wildman–Crippen LogP) is 3.81. The molecular formula is C17H20O3. The second kappa shape index (κ2) is 6.96. The van der Waals surface area contributed by atoms with Crippen LogP contribution < -0.4 is 0 Å². The first-order valence-corrected chi connectivity index (χ1v) is 6.87. The number of phenols is 2. The number of hydrogen-bond acceptors (Lipinski definition) is 3. The zero-order valence-electron chi connectivity index (χ0n) is 11.6. The molecule has 0 bridgehead atoms. The molecule has 0 fully saturated rings. The lowest BCUT2D eigenvalue weighted by Crippen LogP contribution is -2.06. The van der Waals surface area contributed by atoms with Crippen molar-refractivity contribution in [2.24, 2.45) is 0 Å². The molecule has 0 spiro atoms. The van der Waals surface area contributed by atoms with Crippen LogP contribution in [-0.4, -0.2) is 16.8 Å². The minimum absolute atomic E-state index is 0.0603. The third kappa shape index (κ3) is 4.00. The molecule has 1 unspecified atom stereocenters. The van der Waals surface area contributed by atoms with Crippen LogP contribution >= 0.6 is 0 Å². The summed E-state index contributed by atoms with van der Waals surface area (Å²) in [6, 6.07) is 14.8. The highest BCUT2D eigenvalue weighted by Gasteiger charge is 2.12. The van der Waals surface area contributed by atoms with Gasteiger partial charge in [-0.1, -0.05) is 37.3 Å². The molecule has 0 saturated heterocycles. The lowest BCUT2D eigenvalue weighted by molar-refractivity contribution is 0.0519. The van der Waals surface area contributed by atoms with Crippen molar-refractivity contribution in [2.75, 3.05) is 6.61 Å². The minimum atomic E-state index is -0.114. The smallest absolute Gasteiger partial charge is 0.119 e. The van der Waals surface area contributed by atoms with Crippen molar-refractivity contribution in [3.8, 4) is 11.5 Å². The monoisotopic (exact) mass is 272 g/mol. The quantitative estimate of drug-likeness (QED) is 0.840. The molecule has 106 valence electrons. The molecule has 3 heteroatoms. The fraction of sp³-hybridized carbons (Fsp3) is 0.294. The molecule has 0 aromatic heterocycles. The van der Waals surface area contributed by atoms with Crippen LogP contribution in [0, 0.1) is 0 Å². The van der Waals surface area contributed by atoms with E-state index in [0.29, 0.717) is 6.61 Å². The van der Waals surface area contributed by atoms with Crippen LogP contribution in [0.1, 0.15) is 30.6 Å². The van der Waals surface area contributed by atoms with Gasteiger partial charge in [0.2, 0.25) is 0 Å². The van der Waals surface area contributed by atoms with Crippen LogP contribution in [0.4, 0.5) is 0 Å². The van der Waals surface area contributed by atoms with Gasteiger partial charge in [0.05, 0.1) is 12.7 Å². The summed E-state index contributed by atoms with van der Waals surface area (Å²) in [5, 5.41) is 19.1. The summed E-state index contributed by atoms with van der Waals surface area (Å²) in [6.45, 7) is 2.63. The zero-order chi connectivity index (χ0) is 14.4.